The molecular formula is C28H28FN3O4. The predicted octanol–water partition coefficient (Wildman–Crippen LogP) is 5.57. The van der Waals surface area contributed by atoms with Crippen molar-refractivity contribution in [2.45, 2.75) is 33.0 Å². The van der Waals surface area contributed by atoms with Crippen LogP contribution in [-0.4, -0.2) is 46.3 Å². The third kappa shape index (κ3) is 5.35. The van der Waals surface area contributed by atoms with Crippen LogP contribution in [0.5, 0.6) is 0 Å². The van der Waals surface area contributed by atoms with Gasteiger partial charge in [-0.15, -0.1) is 0 Å². The molecule has 1 heterocycles. The van der Waals surface area contributed by atoms with E-state index in [0.29, 0.717) is 23.6 Å². The molecule has 36 heavy (non-hydrogen) atoms. The summed E-state index contributed by atoms with van der Waals surface area (Å²) in [4.78, 5) is 17.2. The summed E-state index contributed by atoms with van der Waals surface area (Å²) in [6, 6.07) is 18.0. The number of hydrogen-bond acceptors (Lipinski definition) is 6. The Morgan fingerprint density at radius 3 is 2.53 bits per heavy atom. The Bertz CT molecular complexity index is 1380. The zero-order valence-electron chi connectivity index (χ0n) is 20.7. The van der Waals surface area contributed by atoms with E-state index in [2.05, 4.69) is 29.2 Å². The van der Waals surface area contributed by atoms with E-state index < -0.39 is 17.8 Å². The first kappa shape index (κ1) is 25.2. The van der Waals surface area contributed by atoms with Crippen LogP contribution < -0.4 is 0 Å². The summed E-state index contributed by atoms with van der Waals surface area (Å²) < 4.78 is 25.7. The van der Waals surface area contributed by atoms with Crippen molar-refractivity contribution in [3.05, 3.63) is 83.2 Å². The molecule has 186 valence electrons. The molecule has 0 aliphatic rings. The molecule has 7 nitrogen and oxygen atoms in total. The summed E-state index contributed by atoms with van der Waals surface area (Å²) >= 11 is 0. The molecule has 0 bridgehead atoms. The van der Waals surface area contributed by atoms with Crippen molar-refractivity contribution in [1.82, 2.24) is 15.0 Å². The lowest BCUT2D eigenvalue weighted by Crippen LogP contribution is -2.35. The monoisotopic (exact) mass is 489 g/mol. The molecule has 0 radical (unpaired) electrons. The smallest absolute Gasteiger partial charge is 0.320 e. The van der Waals surface area contributed by atoms with Crippen LogP contribution in [0.3, 0.4) is 0 Å². The normalized spacial score (nSPS) is 12.2. The first-order valence-electron chi connectivity index (χ1n) is 11.5. The lowest BCUT2D eigenvalue weighted by Gasteiger charge is -2.21. The Morgan fingerprint density at radius 1 is 1.08 bits per heavy atom. The molecule has 0 spiro atoms. The highest BCUT2D eigenvalue weighted by Crippen LogP contribution is 2.32. The minimum absolute atomic E-state index is 0.159. The zero-order valence-corrected chi connectivity index (χ0v) is 20.7. The highest BCUT2D eigenvalue weighted by molar-refractivity contribution is 5.74. The summed E-state index contributed by atoms with van der Waals surface area (Å²) in [5.41, 5.74) is 5.93. The van der Waals surface area contributed by atoms with Crippen LogP contribution in [-0.2, 0) is 22.7 Å². The second kappa shape index (κ2) is 10.8. The van der Waals surface area contributed by atoms with Crippen molar-refractivity contribution >= 4 is 5.97 Å². The number of benzene rings is 3. The van der Waals surface area contributed by atoms with Crippen LogP contribution >= 0.6 is 0 Å². The van der Waals surface area contributed by atoms with Crippen molar-refractivity contribution in [2.24, 2.45) is 0 Å². The van der Waals surface area contributed by atoms with Crippen LogP contribution in [0.1, 0.15) is 23.6 Å². The van der Waals surface area contributed by atoms with E-state index in [0.717, 1.165) is 27.8 Å². The number of nitrogens with zero attached hydrogens (tertiary/aromatic N) is 3. The number of carboxylic acid groups (broad SMARTS) is 1. The van der Waals surface area contributed by atoms with Crippen molar-refractivity contribution in [3.63, 3.8) is 0 Å². The molecule has 0 saturated carbocycles. The molecule has 8 heteroatoms. The Balaban J connectivity index is 1.59. The fourth-order valence-electron chi connectivity index (χ4n) is 4.01. The second-order valence-corrected chi connectivity index (χ2v) is 8.78. The Hall–Kier alpha value is -3.88. The number of hydrogen-bond donors (Lipinski definition) is 1. The van der Waals surface area contributed by atoms with Gasteiger partial charge in [-0.05, 0) is 61.3 Å². The molecule has 3 aromatic carbocycles. The van der Waals surface area contributed by atoms with Crippen LogP contribution in [0.2, 0.25) is 0 Å². The van der Waals surface area contributed by atoms with Gasteiger partial charge in [-0.2, -0.15) is 4.98 Å². The van der Waals surface area contributed by atoms with E-state index in [-0.39, 0.29) is 12.4 Å². The topological polar surface area (TPSA) is 88.7 Å². The van der Waals surface area contributed by atoms with E-state index in [1.165, 1.54) is 6.07 Å². The fraction of sp³-hybridized carbons (Fsp3) is 0.250. The maximum atomic E-state index is 14.8. The largest absolute Gasteiger partial charge is 0.480 e. The van der Waals surface area contributed by atoms with E-state index in [4.69, 9.17) is 14.4 Å². The molecule has 0 amide bonds. The highest BCUT2D eigenvalue weighted by atomic mass is 19.1. The van der Waals surface area contributed by atoms with Gasteiger partial charge < -0.3 is 14.4 Å². The molecule has 0 saturated heterocycles. The van der Waals surface area contributed by atoms with Crippen LogP contribution in [0.25, 0.3) is 34.0 Å². The van der Waals surface area contributed by atoms with E-state index in [1.807, 2.05) is 30.3 Å². The first-order valence-corrected chi connectivity index (χ1v) is 11.5. The Labute approximate surface area is 209 Å². The van der Waals surface area contributed by atoms with Crippen molar-refractivity contribution in [3.8, 4) is 34.0 Å². The number of ether oxygens (including phenoxy) is 1. The summed E-state index contributed by atoms with van der Waals surface area (Å²) in [5.74, 6) is -0.847. The number of carbonyl (C=O) groups is 1. The van der Waals surface area contributed by atoms with Gasteiger partial charge in [0.05, 0.1) is 6.61 Å². The number of carboxylic acids is 1. The van der Waals surface area contributed by atoms with Crippen LogP contribution in [0, 0.1) is 12.7 Å². The lowest BCUT2D eigenvalue weighted by atomic mass is 9.94. The number of aliphatic carboxylic acids is 1. The fourth-order valence-corrected chi connectivity index (χ4v) is 4.01. The van der Waals surface area contributed by atoms with Crippen molar-refractivity contribution in [1.29, 1.82) is 0 Å². The molecule has 0 aliphatic heterocycles. The van der Waals surface area contributed by atoms with Gasteiger partial charge in [0.25, 0.3) is 5.89 Å². The van der Waals surface area contributed by atoms with Gasteiger partial charge in [-0.1, -0.05) is 47.6 Å². The van der Waals surface area contributed by atoms with E-state index >= 15 is 0 Å². The van der Waals surface area contributed by atoms with Crippen LogP contribution in [0.4, 0.5) is 4.39 Å². The average molecular weight is 490 g/mol. The molecule has 0 fully saturated rings. The molecule has 1 N–H and O–H groups in total. The maximum absolute atomic E-state index is 14.8. The highest BCUT2D eigenvalue weighted by Gasteiger charge is 2.19. The molecule has 0 unspecified atom stereocenters. The molecular weight excluding hydrogens is 461 g/mol. The van der Waals surface area contributed by atoms with Gasteiger partial charge in [0, 0.05) is 30.3 Å². The first-order chi connectivity index (χ1) is 17.3. The molecule has 1 atom stereocenters. The number of aryl methyl sites for hydroxylation is 1. The third-order valence-electron chi connectivity index (χ3n) is 6.26. The van der Waals surface area contributed by atoms with E-state index in [1.54, 1.807) is 38.1 Å². The maximum Gasteiger partial charge on any atom is 0.320 e. The van der Waals surface area contributed by atoms with Gasteiger partial charge in [0.15, 0.2) is 0 Å². The van der Waals surface area contributed by atoms with Crippen molar-refractivity contribution in [2.75, 3.05) is 14.2 Å². The van der Waals surface area contributed by atoms with Crippen molar-refractivity contribution < 1.29 is 23.6 Å². The Kier molecular flexibility index (Phi) is 7.57. The molecule has 4 aromatic rings. The number of likely N-dealkylation sites (N-methyl/N-ethyl adjacent to an activating group) is 1. The van der Waals surface area contributed by atoms with E-state index in [9.17, 15) is 9.18 Å². The quantitative estimate of drug-likeness (QED) is 0.329. The van der Waals surface area contributed by atoms with Gasteiger partial charge in [-0.3, -0.25) is 9.69 Å². The van der Waals surface area contributed by atoms with Gasteiger partial charge in [0.1, 0.15) is 11.9 Å². The predicted molar refractivity (Wildman–Crippen MR) is 135 cm³/mol. The SMILES string of the molecule is COCc1cc(-c2nc(-c3ccc(CN(C)[C@@H](C)C(=O)O)c(F)c3)no2)ccc1-c1ccccc1C. The van der Waals surface area contributed by atoms with Gasteiger partial charge >= 0.3 is 5.97 Å². The van der Waals surface area contributed by atoms with Gasteiger partial charge in [0.2, 0.25) is 5.82 Å². The number of aromatic nitrogens is 2. The zero-order chi connectivity index (χ0) is 25.8. The number of rotatable bonds is 9. The molecule has 0 aliphatic carbocycles. The number of halogens is 1. The molecule has 4 rings (SSSR count). The summed E-state index contributed by atoms with van der Waals surface area (Å²) in [6.45, 7) is 4.20. The Morgan fingerprint density at radius 2 is 1.83 bits per heavy atom. The molecule has 1 aromatic heterocycles. The minimum atomic E-state index is -0.963. The third-order valence-corrected chi connectivity index (χ3v) is 6.26. The van der Waals surface area contributed by atoms with Gasteiger partial charge in [-0.25, -0.2) is 4.39 Å². The summed E-state index contributed by atoms with van der Waals surface area (Å²) in [5, 5.41) is 13.2. The average Bonchev–Trinajstić information content (AvgIpc) is 3.36. The number of methoxy groups -OCH3 is 1. The second-order valence-electron chi connectivity index (χ2n) is 8.78. The minimum Gasteiger partial charge on any atom is -0.480 e. The summed E-state index contributed by atoms with van der Waals surface area (Å²) in [7, 11) is 3.29. The standard InChI is InChI=1S/C28H28FN3O4/c1-17-7-5-6-8-23(17)24-12-11-20(13-22(24)16-35-4)27-30-26(31-36-27)19-9-10-21(25(29)14-19)15-32(3)18(2)28(33)34/h5-14,18H,15-16H2,1-4H3,(H,33,34)/t18-/m0/s1. The lowest BCUT2D eigenvalue weighted by molar-refractivity contribution is -0.142. The van der Waals surface area contributed by atoms with Crippen LogP contribution in [0.15, 0.2) is 65.2 Å². The summed E-state index contributed by atoms with van der Waals surface area (Å²) in [6.07, 6.45) is 0.